The molecule has 0 radical (unpaired) electrons. The molecule has 2 aromatic carbocycles. The van der Waals surface area contributed by atoms with Crippen LogP contribution >= 0.6 is 15.9 Å². The highest BCUT2D eigenvalue weighted by atomic mass is 79.9. The molecule has 2 rings (SSSR count). The Labute approximate surface area is 167 Å². The molecule has 0 spiro atoms. The van der Waals surface area contributed by atoms with Crippen molar-refractivity contribution in [2.45, 2.75) is 26.7 Å². The van der Waals surface area contributed by atoms with E-state index in [0.717, 1.165) is 22.9 Å². The van der Waals surface area contributed by atoms with E-state index in [1.165, 1.54) is 0 Å². The number of halogens is 1. The fourth-order valence-electron chi connectivity index (χ4n) is 2.16. The number of ether oxygens (including phenoxy) is 2. The quantitative estimate of drug-likeness (QED) is 0.489. The fourth-order valence-corrected chi connectivity index (χ4v) is 2.77. The molecule has 0 bridgehead atoms. The van der Waals surface area contributed by atoms with Crippen LogP contribution < -0.4 is 20.3 Å². The Bertz CT molecular complexity index is 795. The molecule has 0 aliphatic heterocycles. The van der Waals surface area contributed by atoms with Gasteiger partial charge in [0.15, 0.2) is 6.61 Å². The molecule has 0 saturated carbocycles. The first kappa shape index (κ1) is 20.8. The Morgan fingerprint density at radius 2 is 1.89 bits per heavy atom. The highest BCUT2D eigenvalue weighted by molar-refractivity contribution is 9.10. The molecule has 2 N–H and O–H groups in total. The molecule has 2 aromatic rings. The number of unbranched alkanes of at least 4 members (excludes halogenated alkanes) is 1. The molecule has 6 nitrogen and oxygen atoms in total. The van der Waals surface area contributed by atoms with Gasteiger partial charge in [-0.2, -0.15) is 0 Å². The van der Waals surface area contributed by atoms with Gasteiger partial charge in [0.05, 0.1) is 11.1 Å². The minimum atomic E-state index is -0.467. The van der Waals surface area contributed by atoms with Crippen molar-refractivity contribution in [3.63, 3.8) is 0 Å². The number of benzene rings is 2. The first-order valence-corrected chi connectivity index (χ1v) is 9.50. The first-order chi connectivity index (χ1) is 13.0. The van der Waals surface area contributed by atoms with Crippen LogP contribution in [0.4, 0.5) is 0 Å². The highest BCUT2D eigenvalue weighted by Gasteiger charge is 2.10. The third-order valence-electron chi connectivity index (χ3n) is 3.62. The molecule has 0 saturated heterocycles. The number of carbonyl (C=O) groups excluding carboxylic acids is 2. The summed E-state index contributed by atoms with van der Waals surface area (Å²) >= 11 is 3.38. The summed E-state index contributed by atoms with van der Waals surface area (Å²) in [5.74, 6) is 0.279. The maximum absolute atomic E-state index is 12.2. The summed E-state index contributed by atoms with van der Waals surface area (Å²) < 4.78 is 11.8. The summed E-state index contributed by atoms with van der Waals surface area (Å²) in [4.78, 5) is 24.0. The largest absolute Gasteiger partial charge is 0.494 e. The van der Waals surface area contributed by atoms with Gasteiger partial charge in [-0.1, -0.05) is 25.5 Å². The number of hydrogen-bond donors (Lipinski definition) is 2. The summed E-state index contributed by atoms with van der Waals surface area (Å²) in [6.07, 6.45) is 1.98. The zero-order valence-electron chi connectivity index (χ0n) is 15.4. The molecule has 2 amide bonds. The van der Waals surface area contributed by atoms with Gasteiger partial charge >= 0.3 is 0 Å². The molecule has 0 fully saturated rings. The zero-order chi connectivity index (χ0) is 19.6. The summed E-state index contributed by atoms with van der Waals surface area (Å²) in [5, 5.41) is 0. The van der Waals surface area contributed by atoms with Crippen molar-refractivity contribution < 1.29 is 19.1 Å². The predicted octanol–water partition coefficient (Wildman–Crippen LogP) is 3.78. The van der Waals surface area contributed by atoms with E-state index in [4.69, 9.17) is 9.47 Å². The van der Waals surface area contributed by atoms with Crippen molar-refractivity contribution >= 4 is 27.7 Å². The second-order valence-corrected chi connectivity index (χ2v) is 6.81. The lowest BCUT2D eigenvalue weighted by Gasteiger charge is -2.11. The number of nitrogens with one attached hydrogen (secondary N) is 2. The van der Waals surface area contributed by atoms with Crippen LogP contribution in [-0.4, -0.2) is 25.0 Å². The van der Waals surface area contributed by atoms with Gasteiger partial charge in [0, 0.05) is 5.56 Å². The van der Waals surface area contributed by atoms with Crippen molar-refractivity contribution in [2.75, 3.05) is 13.2 Å². The Hall–Kier alpha value is -2.54. The van der Waals surface area contributed by atoms with E-state index in [-0.39, 0.29) is 6.61 Å². The lowest BCUT2D eigenvalue weighted by Crippen LogP contribution is -2.43. The summed E-state index contributed by atoms with van der Waals surface area (Å²) in [6.45, 7) is 4.42. The van der Waals surface area contributed by atoms with Gasteiger partial charge in [-0.05, 0) is 65.2 Å². The monoisotopic (exact) mass is 434 g/mol. The minimum absolute atomic E-state index is 0.220. The highest BCUT2D eigenvalue weighted by Crippen LogP contribution is 2.25. The second-order valence-electron chi connectivity index (χ2n) is 5.95. The smallest absolute Gasteiger partial charge is 0.276 e. The van der Waals surface area contributed by atoms with E-state index in [1.54, 1.807) is 30.3 Å². The van der Waals surface area contributed by atoms with Gasteiger partial charge < -0.3 is 9.47 Å². The minimum Gasteiger partial charge on any atom is -0.494 e. The predicted molar refractivity (Wildman–Crippen MR) is 107 cm³/mol. The third kappa shape index (κ3) is 6.94. The molecule has 7 heteroatoms. The summed E-state index contributed by atoms with van der Waals surface area (Å²) in [6, 6.07) is 12.4. The van der Waals surface area contributed by atoms with Crippen molar-refractivity contribution in [3.8, 4) is 11.5 Å². The summed E-state index contributed by atoms with van der Waals surface area (Å²) in [5.41, 5.74) is 6.17. The SMILES string of the molecule is CCCCOc1cccc(C(=O)NNC(=O)COc2ccc(C)cc2Br)c1. The molecular weight excluding hydrogens is 412 g/mol. The van der Waals surface area contributed by atoms with E-state index in [9.17, 15) is 9.59 Å². The first-order valence-electron chi connectivity index (χ1n) is 8.70. The number of rotatable bonds is 8. The molecule has 27 heavy (non-hydrogen) atoms. The number of aryl methyl sites for hydroxylation is 1. The molecule has 0 heterocycles. The molecule has 0 unspecified atom stereocenters. The second kappa shape index (κ2) is 10.6. The fraction of sp³-hybridized carbons (Fsp3) is 0.300. The van der Waals surface area contributed by atoms with Crippen LogP contribution in [-0.2, 0) is 4.79 Å². The number of hydrogen-bond acceptors (Lipinski definition) is 4. The molecule has 0 aliphatic rings. The normalized spacial score (nSPS) is 10.2. The maximum atomic E-state index is 12.2. The van der Waals surface area contributed by atoms with E-state index in [1.807, 2.05) is 19.1 Å². The third-order valence-corrected chi connectivity index (χ3v) is 4.24. The van der Waals surface area contributed by atoms with E-state index in [0.29, 0.717) is 23.7 Å². The molecular formula is C20H23BrN2O4. The van der Waals surface area contributed by atoms with Crippen LogP contribution in [0.2, 0.25) is 0 Å². The van der Waals surface area contributed by atoms with Crippen molar-refractivity contribution in [1.29, 1.82) is 0 Å². The van der Waals surface area contributed by atoms with E-state index >= 15 is 0 Å². The molecule has 0 aliphatic carbocycles. The van der Waals surface area contributed by atoms with Gasteiger partial charge in [-0.15, -0.1) is 0 Å². The lowest BCUT2D eigenvalue weighted by molar-refractivity contribution is -0.123. The van der Waals surface area contributed by atoms with Gasteiger partial charge in [0.25, 0.3) is 11.8 Å². The number of hydrazine groups is 1. The average Bonchev–Trinajstić information content (AvgIpc) is 2.66. The average molecular weight is 435 g/mol. The molecule has 144 valence electrons. The van der Waals surface area contributed by atoms with Crippen LogP contribution in [0.15, 0.2) is 46.9 Å². The van der Waals surface area contributed by atoms with Crippen LogP contribution in [0.3, 0.4) is 0 Å². The Morgan fingerprint density at radius 3 is 2.63 bits per heavy atom. The van der Waals surface area contributed by atoms with Crippen LogP contribution in [0.5, 0.6) is 11.5 Å². The topological polar surface area (TPSA) is 76.7 Å². The van der Waals surface area contributed by atoms with Gasteiger partial charge in [-0.25, -0.2) is 0 Å². The van der Waals surface area contributed by atoms with Crippen LogP contribution in [0, 0.1) is 6.92 Å². The zero-order valence-corrected chi connectivity index (χ0v) is 17.0. The standard InChI is InChI=1S/C20H23BrN2O4/c1-3-4-10-26-16-7-5-6-15(12-16)20(25)23-22-19(24)13-27-18-9-8-14(2)11-17(18)21/h5-9,11-12H,3-4,10,13H2,1-2H3,(H,22,24)(H,23,25). The van der Waals surface area contributed by atoms with Crippen molar-refractivity contribution in [2.24, 2.45) is 0 Å². The van der Waals surface area contributed by atoms with E-state index < -0.39 is 11.8 Å². The van der Waals surface area contributed by atoms with Gasteiger partial charge in [0.1, 0.15) is 11.5 Å². The number of carbonyl (C=O) groups is 2. The van der Waals surface area contributed by atoms with Gasteiger partial charge in [0.2, 0.25) is 0 Å². The summed E-state index contributed by atoms with van der Waals surface area (Å²) in [7, 11) is 0. The van der Waals surface area contributed by atoms with Gasteiger partial charge in [-0.3, -0.25) is 20.4 Å². The molecule has 0 aromatic heterocycles. The van der Waals surface area contributed by atoms with Crippen LogP contribution in [0.1, 0.15) is 35.7 Å². The Balaban J connectivity index is 1.80. The van der Waals surface area contributed by atoms with Crippen molar-refractivity contribution in [1.82, 2.24) is 10.9 Å². The van der Waals surface area contributed by atoms with Crippen LogP contribution in [0.25, 0.3) is 0 Å². The Morgan fingerprint density at radius 1 is 1.07 bits per heavy atom. The van der Waals surface area contributed by atoms with Crippen molar-refractivity contribution in [3.05, 3.63) is 58.1 Å². The lowest BCUT2D eigenvalue weighted by atomic mass is 10.2. The number of amides is 2. The maximum Gasteiger partial charge on any atom is 0.276 e. The molecule has 0 atom stereocenters. The Kier molecular flexibility index (Phi) is 8.13. The van der Waals surface area contributed by atoms with E-state index in [2.05, 4.69) is 33.7 Å².